The molecule has 1 aliphatic rings. The minimum Gasteiger partial charge on any atom is -0.490 e. The molecule has 1 N–H and O–H groups in total. The Bertz CT molecular complexity index is 600. The van der Waals surface area contributed by atoms with Crippen LogP contribution in [-0.4, -0.2) is 60.5 Å². The van der Waals surface area contributed by atoms with E-state index in [2.05, 4.69) is 9.88 Å². The van der Waals surface area contributed by atoms with Crippen LogP contribution in [-0.2, 0) is 4.74 Å². The van der Waals surface area contributed by atoms with E-state index >= 15 is 0 Å². The lowest BCUT2D eigenvalue weighted by molar-refractivity contribution is 0.00471. The molecule has 1 atom stereocenters. The van der Waals surface area contributed by atoms with E-state index in [4.69, 9.17) is 9.47 Å². The molecule has 0 saturated carbocycles. The van der Waals surface area contributed by atoms with E-state index in [-0.39, 0.29) is 6.61 Å². The Morgan fingerprint density at radius 1 is 1.17 bits per heavy atom. The minimum absolute atomic E-state index is 0.272. The van der Waals surface area contributed by atoms with Gasteiger partial charge in [0.1, 0.15) is 18.5 Å². The molecule has 5 nitrogen and oxygen atoms in total. The molecular weight excluding hydrogens is 292 g/mol. The zero-order valence-corrected chi connectivity index (χ0v) is 13.1. The number of benzene rings is 1. The summed E-state index contributed by atoms with van der Waals surface area (Å²) in [6, 6.07) is 11.7. The standard InChI is InChI=1S/C18H22N2O3/c21-16(13-20-8-10-22-11-9-20)14-23-18-6-2-1-5-17(18)15-4-3-7-19-12-15/h1-7,12,16,21H,8-11,13-14H2/t16-/m0/s1. The van der Waals surface area contributed by atoms with E-state index < -0.39 is 6.10 Å². The summed E-state index contributed by atoms with van der Waals surface area (Å²) >= 11 is 0. The Balaban J connectivity index is 1.60. The molecule has 23 heavy (non-hydrogen) atoms. The second-order valence-corrected chi connectivity index (χ2v) is 5.62. The highest BCUT2D eigenvalue weighted by Gasteiger charge is 2.16. The summed E-state index contributed by atoms with van der Waals surface area (Å²) in [7, 11) is 0. The highest BCUT2D eigenvalue weighted by Crippen LogP contribution is 2.29. The summed E-state index contributed by atoms with van der Waals surface area (Å²) in [4.78, 5) is 6.35. The van der Waals surface area contributed by atoms with Crippen LogP contribution in [0, 0.1) is 0 Å². The maximum atomic E-state index is 10.2. The molecule has 1 saturated heterocycles. The maximum Gasteiger partial charge on any atom is 0.127 e. The molecular formula is C18H22N2O3. The van der Waals surface area contributed by atoms with Gasteiger partial charge in [0.15, 0.2) is 0 Å². The van der Waals surface area contributed by atoms with Crippen LogP contribution >= 0.6 is 0 Å². The number of aliphatic hydroxyl groups excluding tert-OH is 1. The third-order valence-corrected chi connectivity index (χ3v) is 3.86. The molecule has 0 unspecified atom stereocenters. The van der Waals surface area contributed by atoms with Crippen LogP contribution in [0.25, 0.3) is 11.1 Å². The summed E-state index contributed by atoms with van der Waals surface area (Å²) in [5, 5.41) is 10.2. The fourth-order valence-electron chi connectivity index (χ4n) is 2.67. The third-order valence-electron chi connectivity index (χ3n) is 3.86. The molecule has 5 heteroatoms. The van der Waals surface area contributed by atoms with Gasteiger partial charge in [0, 0.05) is 43.2 Å². The van der Waals surface area contributed by atoms with Crippen LogP contribution < -0.4 is 4.74 Å². The summed E-state index contributed by atoms with van der Waals surface area (Å²) in [6.45, 7) is 4.08. The predicted molar refractivity (Wildman–Crippen MR) is 88.4 cm³/mol. The van der Waals surface area contributed by atoms with E-state index in [0.29, 0.717) is 6.54 Å². The normalized spacial score (nSPS) is 16.9. The number of hydrogen-bond acceptors (Lipinski definition) is 5. The van der Waals surface area contributed by atoms with Gasteiger partial charge in [0.2, 0.25) is 0 Å². The van der Waals surface area contributed by atoms with Crippen molar-refractivity contribution in [2.75, 3.05) is 39.5 Å². The summed E-state index contributed by atoms with van der Waals surface area (Å²) in [6.07, 6.45) is 3.04. The SMILES string of the molecule is O[C@H](COc1ccccc1-c1cccnc1)CN1CCOCC1. The number of hydrogen-bond donors (Lipinski definition) is 1. The first-order valence-corrected chi connectivity index (χ1v) is 7.93. The highest BCUT2D eigenvalue weighted by atomic mass is 16.5. The van der Waals surface area contributed by atoms with Crippen molar-refractivity contribution in [1.82, 2.24) is 9.88 Å². The number of rotatable bonds is 6. The van der Waals surface area contributed by atoms with Gasteiger partial charge in [0.05, 0.1) is 13.2 Å². The number of morpholine rings is 1. The van der Waals surface area contributed by atoms with Crippen molar-refractivity contribution in [3.8, 4) is 16.9 Å². The van der Waals surface area contributed by atoms with Crippen LogP contribution in [0.15, 0.2) is 48.8 Å². The van der Waals surface area contributed by atoms with E-state index in [1.165, 1.54) is 0 Å². The largest absolute Gasteiger partial charge is 0.490 e. The van der Waals surface area contributed by atoms with Crippen LogP contribution in [0.5, 0.6) is 5.75 Å². The molecule has 0 radical (unpaired) electrons. The number of ether oxygens (including phenoxy) is 2. The van der Waals surface area contributed by atoms with Gasteiger partial charge in [0.25, 0.3) is 0 Å². The molecule has 0 spiro atoms. The maximum absolute atomic E-state index is 10.2. The van der Waals surface area contributed by atoms with Crippen LogP contribution in [0.4, 0.5) is 0 Å². The van der Waals surface area contributed by atoms with Gasteiger partial charge in [-0.2, -0.15) is 0 Å². The smallest absolute Gasteiger partial charge is 0.127 e. The van der Waals surface area contributed by atoms with Gasteiger partial charge in [-0.25, -0.2) is 0 Å². The van der Waals surface area contributed by atoms with Crippen molar-refractivity contribution in [2.24, 2.45) is 0 Å². The van der Waals surface area contributed by atoms with Crippen molar-refractivity contribution >= 4 is 0 Å². The summed E-state index contributed by atoms with van der Waals surface area (Å²) in [5.41, 5.74) is 1.99. The van der Waals surface area contributed by atoms with E-state index in [9.17, 15) is 5.11 Å². The second kappa shape index (κ2) is 8.06. The first kappa shape index (κ1) is 15.9. The van der Waals surface area contributed by atoms with E-state index in [1.54, 1.807) is 6.20 Å². The topological polar surface area (TPSA) is 54.8 Å². The van der Waals surface area contributed by atoms with Crippen molar-refractivity contribution < 1.29 is 14.6 Å². The fourth-order valence-corrected chi connectivity index (χ4v) is 2.67. The van der Waals surface area contributed by atoms with Crippen LogP contribution in [0.1, 0.15) is 0 Å². The zero-order valence-electron chi connectivity index (χ0n) is 13.1. The number of pyridine rings is 1. The number of aromatic nitrogens is 1. The molecule has 3 rings (SSSR count). The average Bonchev–Trinajstić information content (AvgIpc) is 2.62. The van der Waals surface area contributed by atoms with Gasteiger partial charge in [-0.1, -0.05) is 24.3 Å². The lowest BCUT2D eigenvalue weighted by atomic mass is 10.1. The van der Waals surface area contributed by atoms with Gasteiger partial charge >= 0.3 is 0 Å². The molecule has 2 aromatic rings. The average molecular weight is 314 g/mol. The molecule has 1 aromatic heterocycles. The van der Waals surface area contributed by atoms with Gasteiger partial charge in [-0.3, -0.25) is 9.88 Å². The molecule has 0 aliphatic carbocycles. The Kier molecular flexibility index (Phi) is 5.58. The van der Waals surface area contributed by atoms with Crippen molar-refractivity contribution in [3.63, 3.8) is 0 Å². The van der Waals surface area contributed by atoms with Crippen molar-refractivity contribution in [1.29, 1.82) is 0 Å². The van der Waals surface area contributed by atoms with Gasteiger partial charge < -0.3 is 14.6 Å². The molecule has 1 aromatic carbocycles. The predicted octanol–water partition coefficient (Wildman–Crippen LogP) is 1.82. The lowest BCUT2D eigenvalue weighted by Crippen LogP contribution is -2.42. The number of aliphatic hydroxyl groups is 1. The Hall–Kier alpha value is -1.95. The highest BCUT2D eigenvalue weighted by molar-refractivity contribution is 5.69. The first-order valence-electron chi connectivity index (χ1n) is 7.93. The van der Waals surface area contributed by atoms with Crippen LogP contribution in [0.3, 0.4) is 0 Å². The second-order valence-electron chi connectivity index (χ2n) is 5.62. The van der Waals surface area contributed by atoms with E-state index in [0.717, 1.165) is 43.2 Å². The van der Waals surface area contributed by atoms with Gasteiger partial charge in [-0.15, -0.1) is 0 Å². The van der Waals surface area contributed by atoms with Gasteiger partial charge in [-0.05, 0) is 12.1 Å². The minimum atomic E-state index is -0.518. The quantitative estimate of drug-likeness (QED) is 0.881. The van der Waals surface area contributed by atoms with Crippen molar-refractivity contribution in [2.45, 2.75) is 6.10 Å². The molecule has 1 aliphatic heterocycles. The summed E-state index contributed by atoms with van der Waals surface area (Å²) < 4.78 is 11.2. The summed E-state index contributed by atoms with van der Waals surface area (Å²) in [5.74, 6) is 0.765. The van der Waals surface area contributed by atoms with Crippen molar-refractivity contribution in [3.05, 3.63) is 48.8 Å². The Morgan fingerprint density at radius 3 is 2.78 bits per heavy atom. The molecule has 2 heterocycles. The number of para-hydroxylation sites is 1. The number of nitrogens with zero attached hydrogens (tertiary/aromatic N) is 2. The molecule has 0 bridgehead atoms. The Morgan fingerprint density at radius 2 is 2.00 bits per heavy atom. The third kappa shape index (κ3) is 4.51. The fraction of sp³-hybridized carbons (Fsp3) is 0.389. The lowest BCUT2D eigenvalue weighted by Gasteiger charge is -2.28. The first-order chi connectivity index (χ1) is 11.3. The molecule has 1 fully saturated rings. The monoisotopic (exact) mass is 314 g/mol. The zero-order chi connectivity index (χ0) is 15.9. The Labute approximate surface area is 136 Å². The van der Waals surface area contributed by atoms with E-state index in [1.807, 2.05) is 42.6 Å². The number of β-amino-alcohol motifs (C(OH)–C–C–N with tert-alkyl or cyclic N) is 1. The van der Waals surface area contributed by atoms with Crippen LogP contribution in [0.2, 0.25) is 0 Å². The molecule has 0 amide bonds. The molecule has 122 valence electrons.